The van der Waals surface area contributed by atoms with Gasteiger partial charge in [0.1, 0.15) is 42.2 Å². The SMILES string of the molecule is Cc1ccc(C(=O)OCC2OC(n3ccc4c(Cl)ncnc43)CC2OC(=O)c2ccc(C)cc2)cc1. The number of carbonyl (C=O) groups excluding carboxylic acids is 2. The van der Waals surface area contributed by atoms with Crippen molar-refractivity contribution in [1.29, 1.82) is 0 Å². The maximum absolute atomic E-state index is 12.9. The molecule has 0 N–H and O–H groups in total. The zero-order valence-corrected chi connectivity index (χ0v) is 20.5. The van der Waals surface area contributed by atoms with Crippen LogP contribution in [0.5, 0.6) is 0 Å². The molecule has 1 aliphatic rings. The number of ether oxygens (including phenoxy) is 3. The second kappa shape index (κ2) is 10.1. The molecule has 3 heterocycles. The number of carbonyl (C=O) groups is 2. The Morgan fingerprint density at radius 3 is 2.28 bits per heavy atom. The van der Waals surface area contributed by atoms with Crippen molar-refractivity contribution in [3.05, 3.63) is 94.5 Å². The largest absolute Gasteiger partial charge is 0.459 e. The van der Waals surface area contributed by atoms with Gasteiger partial charge in [-0.15, -0.1) is 0 Å². The van der Waals surface area contributed by atoms with Gasteiger partial charge in [0.2, 0.25) is 0 Å². The van der Waals surface area contributed by atoms with Gasteiger partial charge in [0.05, 0.1) is 16.5 Å². The van der Waals surface area contributed by atoms with E-state index < -0.39 is 30.4 Å². The van der Waals surface area contributed by atoms with Crippen LogP contribution in [0.15, 0.2) is 67.1 Å². The first-order chi connectivity index (χ1) is 17.4. The van der Waals surface area contributed by atoms with Gasteiger partial charge < -0.3 is 18.8 Å². The van der Waals surface area contributed by atoms with Crippen LogP contribution in [-0.4, -0.2) is 45.3 Å². The van der Waals surface area contributed by atoms with Crippen LogP contribution >= 0.6 is 11.6 Å². The second-order valence-corrected chi connectivity index (χ2v) is 9.12. The third kappa shape index (κ3) is 4.96. The van der Waals surface area contributed by atoms with Crippen molar-refractivity contribution in [1.82, 2.24) is 14.5 Å². The van der Waals surface area contributed by atoms with Crippen LogP contribution in [0, 0.1) is 13.8 Å². The summed E-state index contributed by atoms with van der Waals surface area (Å²) in [5.41, 5.74) is 3.55. The average Bonchev–Trinajstić information content (AvgIpc) is 3.48. The highest BCUT2D eigenvalue weighted by atomic mass is 35.5. The Balaban J connectivity index is 1.36. The lowest BCUT2D eigenvalue weighted by Crippen LogP contribution is -2.32. The molecule has 4 aromatic rings. The number of benzene rings is 2. The van der Waals surface area contributed by atoms with Gasteiger partial charge in [0.25, 0.3) is 0 Å². The number of aromatic nitrogens is 3. The van der Waals surface area contributed by atoms with Crippen LogP contribution in [-0.2, 0) is 14.2 Å². The smallest absolute Gasteiger partial charge is 0.338 e. The molecule has 1 fully saturated rings. The summed E-state index contributed by atoms with van der Waals surface area (Å²) in [6.45, 7) is 3.81. The van der Waals surface area contributed by atoms with E-state index in [0.29, 0.717) is 33.7 Å². The molecule has 0 amide bonds. The fraction of sp³-hybridized carbons (Fsp3) is 0.259. The quantitative estimate of drug-likeness (QED) is 0.267. The maximum Gasteiger partial charge on any atom is 0.338 e. The topological polar surface area (TPSA) is 92.5 Å². The average molecular weight is 506 g/mol. The number of nitrogens with zero attached hydrogens (tertiary/aromatic N) is 3. The lowest BCUT2D eigenvalue weighted by atomic mass is 10.1. The predicted molar refractivity (Wildman–Crippen MR) is 133 cm³/mol. The third-order valence-corrected chi connectivity index (χ3v) is 6.46. The van der Waals surface area contributed by atoms with Crippen molar-refractivity contribution in [2.24, 2.45) is 0 Å². The monoisotopic (exact) mass is 505 g/mol. The second-order valence-electron chi connectivity index (χ2n) is 8.76. The number of hydrogen-bond donors (Lipinski definition) is 0. The van der Waals surface area contributed by atoms with Crippen molar-refractivity contribution in [3.8, 4) is 0 Å². The molecule has 0 spiro atoms. The number of hydrogen-bond acceptors (Lipinski definition) is 7. The summed E-state index contributed by atoms with van der Waals surface area (Å²) in [7, 11) is 0. The number of aryl methyl sites for hydroxylation is 2. The van der Waals surface area contributed by atoms with E-state index in [9.17, 15) is 9.59 Å². The van der Waals surface area contributed by atoms with Crippen LogP contribution in [0.25, 0.3) is 11.0 Å². The van der Waals surface area contributed by atoms with Crippen molar-refractivity contribution >= 4 is 34.6 Å². The molecule has 2 aromatic heterocycles. The summed E-state index contributed by atoms with van der Waals surface area (Å²) >= 11 is 6.20. The van der Waals surface area contributed by atoms with Crippen LogP contribution in [0.1, 0.15) is 44.5 Å². The number of fused-ring (bicyclic) bond motifs is 1. The van der Waals surface area contributed by atoms with E-state index in [1.54, 1.807) is 36.5 Å². The number of rotatable bonds is 6. The molecule has 0 saturated carbocycles. The number of halogens is 1. The molecule has 3 unspecified atom stereocenters. The molecule has 0 bridgehead atoms. The summed E-state index contributed by atoms with van der Waals surface area (Å²) < 4.78 is 19.4. The predicted octanol–water partition coefficient (Wildman–Crippen LogP) is 5.07. The molecule has 0 aliphatic carbocycles. The molecule has 9 heteroatoms. The van der Waals surface area contributed by atoms with Gasteiger partial charge in [-0.25, -0.2) is 19.6 Å². The first-order valence-corrected chi connectivity index (χ1v) is 11.9. The molecule has 0 radical (unpaired) electrons. The van der Waals surface area contributed by atoms with Gasteiger partial charge in [-0.3, -0.25) is 0 Å². The van der Waals surface area contributed by atoms with Crippen LogP contribution in [0.2, 0.25) is 5.15 Å². The molecule has 3 atom stereocenters. The highest BCUT2D eigenvalue weighted by Crippen LogP contribution is 2.35. The Morgan fingerprint density at radius 2 is 1.61 bits per heavy atom. The Morgan fingerprint density at radius 1 is 0.972 bits per heavy atom. The van der Waals surface area contributed by atoms with E-state index in [-0.39, 0.29) is 6.61 Å². The Labute approximate surface area is 212 Å². The van der Waals surface area contributed by atoms with E-state index in [0.717, 1.165) is 11.1 Å². The van der Waals surface area contributed by atoms with Gasteiger partial charge >= 0.3 is 11.9 Å². The minimum absolute atomic E-state index is 0.0794. The fourth-order valence-corrected chi connectivity index (χ4v) is 4.33. The van der Waals surface area contributed by atoms with E-state index in [1.807, 2.05) is 42.7 Å². The summed E-state index contributed by atoms with van der Waals surface area (Å²) in [6, 6.07) is 16.0. The minimum Gasteiger partial charge on any atom is -0.459 e. The van der Waals surface area contributed by atoms with Gasteiger partial charge in [-0.2, -0.15) is 0 Å². The lowest BCUT2D eigenvalue weighted by molar-refractivity contribution is -0.0562. The summed E-state index contributed by atoms with van der Waals surface area (Å²) in [5.74, 6) is -0.946. The standard InChI is InChI=1S/C27H24ClN3O5/c1-16-3-7-18(8-4-16)26(32)34-14-22-21(36-27(33)19-9-5-17(2)6-10-19)13-23(35-22)31-12-11-20-24(28)29-15-30-25(20)31/h3-12,15,21-23H,13-14H2,1-2H3. The molecular weight excluding hydrogens is 482 g/mol. The first-order valence-electron chi connectivity index (χ1n) is 11.5. The first kappa shape index (κ1) is 24.0. The Bertz CT molecular complexity index is 1400. The summed E-state index contributed by atoms with van der Waals surface area (Å²) in [4.78, 5) is 33.8. The van der Waals surface area contributed by atoms with E-state index in [4.69, 9.17) is 25.8 Å². The molecular formula is C27H24ClN3O5. The molecule has 5 rings (SSSR count). The van der Waals surface area contributed by atoms with Gasteiger partial charge in [0, 0.05) is 12.6 Å². The highest BCUT2D eigenvalue weighted by molar-refractivity contribution is 6.33. The van der Waals surface area contributed by atoms with Gasteiger partial charge in [-0.05, 0) is 44.2 Å². The summed E-state index contributed by atoms with van der Waals surface area (Å²) in [5, 5.41) is 1.02. The zero-order chi connectivity index (χ0) is 25.2. The molecule has 8 nitrogen and oxygen atoms in total. The zero-order valence-electron chi connectivity index (χ0n) is 19.8. The normalized spacial score (nSPS) is 19.4. The third-order valence-electron chi connectivity index (χ3n) is 6.16. The fourth-order valence-electron chi connectivity index (χ4n) is 4.14. The van der Waals surface area contributed by atoms with E-state index >= 15 is 0 Å². The van der Waals surface area contributed by atoms with Crippen molar-refractivity contribution < 1.29 is 23.8 Å². The molecule has 184 valence electrons. The minimum atomic E-state index is -0.673. The molecule has 2 aromatic carbocycles. The molecule has 1 aliphatic heterocycles. The van der Waals surface area contributed by atoms with Crippen molar-refractivity contribution in [2.75, 3.05) is 6.61 Å². The Kier molecular flexibility index (Phi) is 6.71. The lowest BCUT2D eigenvalue weighted by Gasteiger charge is -2.19. The molecule has 1 saturated heterocycles. The highest BCUT2D eigenvalue weighted by Gasteiger charge is 2.40. The van der Waals surface area contributed by atoms with Crippen LogP contribution < -0.4 is 0 Å². The Hall–Kier alpha value is -3.75. The maximum atomic E-state index is 12.9. The van der Waals surface area contributed by atoms with Crippen molar-refractivity contribution in [2.45, 2.75) is 38.7 Å². The van der Waals surface area contributed by atoms with Gasteiger partial charge in [-0.1, -0.05) is 47.0 Å². The summed E-state index contributed by atoms with van der Waals surface area (Å²) in [6.07, 6.45) is 1.70. The van der Waals surface area contributed by atoms with Gasteiger partial charge in [0.15, 0.2) is 0 Å². The van der Waals surface area contributed by atoms with Crippen LogP contribution in [0.3, 0.4) is 0 Å². The van der Waals surface area contributed by atoms with Crippen LogP contribution in [0.4, 0.5) is 0 Å². The van der Waals surface area contributed by atoms with Crippen molar-refractivity contribution in [3.63, 3.8) is 0 Å². The molecule has 36 heavy (non-hydrogen) atoms. The number of esters is 2. The van der Waals surface area contributed by atoms with E-state index in [2.05, 4.69) is 9.97 Å². The van der Waals surface area contributed by atoms with E-state index in [1.165, 1.54) is 6.33 Å².